The van der Waals surface area contributed by atoms with Gasteiger partial charge in [-0.15, -0.1) is 0 Å². The van der Waals surface area contributed by atoms with Gasteiger partial charge in [0, 0.05) is 31.3 Å². The number of hydrogen-bond donors (Lipinski definition) is 0. The SMILES string of the molecule is Cn1cnc(CS(C)(=O)=NCc2cn3cc(-c4noc(C(F)(F)F)n4)ccc3n2)n1. The number of nitrogens with zero attached hydrogens (tertiary/aromatic N) is 8. The van der Waals surface area contributed by atoms with Crippen LogP contribution in [-0.2, 0) is 35.3 Å². The number of aryl methyl sites for hydroxylation is 1. The standard InChI is InChI=1S/C16H15F3N8O2S/c1-26-9-20-12(24-26)8-30(2,28)21-5-11-7-27-6-10(3-4-13(27)22-11)14-23-15(29-25-14)16(17,18)19/h3-4,6-7,9H,5,8H2,1-2H3. The highest BCUT2D eigenvalue weighted by atomic mass is 32.2. The Bertz CT molecular complexity index is 1330. The van der Waals surface area contributed by atoms with E-state index >= 15 is 0 Å². The summed E-state index contributed by atoms with van der Waals surface area (Å²) in [6.07, 6.45) is 1.49. The lowest BCUT2D eigenvalue weighted by Crippen LogP contribution is -2.04. The van der Waals surface area contributed by atoms with E-state index in [0.717, 1.165) is 0 Å². The molecule has 30 heavy (non-hydrogen) atoms. The molecule has 4 aromatic heterocycles. The predicted octanol–water partition coefficient (Wildman–Crippen LogP) is 2.33. The summed E-state index contributed by atoms with van der Waals surface area (Å²) in [5, 5.41) is 7.46. The molecule has 1 atom stereocenters. The number of rotatable bonds is 5. The highest BCUT2D eigenvalue weighted by Crippen LogP contribution is 2.29. The van der Waals surface area contributed by atoms with Crippen molar-refractivity contribution in [1.82, 2.24) is 34.3 Å². The third-order valence-electron chi connectivity index (χ3n) is 3.97. The van der Waals surface area contributed by atoms with Crippen LogP contribution < -0.4 is 0 Å². The van der Waals surface area contributed by atoms with Crippen LogP contribution in [-0.4, -0.2) is 44.8 Å². The van der Waals surface area contributed by atoms with Gasteiger partial charge in [0.1, 0.15) is 12.0 Å². The van der Waals surface area contributed by atoms with E-state index in [9.17, 15) is 17.4 Å². The third kappa shape index (κ3) is 4.32. The van der Waals surface area contributed by atoms with Gasteiger partial charge in [-0.1, -0.05) is 5.16 Å². The maximum Gasteiger partial charge on any atom is 0.471 e. The molecule has 158 valence electrons. The van der Waals surface area contributed by atoms with Crippen molar-refractivity contribution in [3.63, 3.8) is 0 Å². The largest absolute Gasteiger partial charge is 0.471 e. The number of pyridine rings is 1. The molecule has 0 amide bonds. The number of fused-ring (bicyclic) bond motifs is 1. The summed E-state index contributed by atoms with van der Waals surface area (Å²) in [4.78, 5) is 11.8. The summed E-state index contributed by atoms with van der Waals surface area (Å²) in [5.74, 6) is -1.05. The first kappa shape index (κ1) is 20.0. The van der Waals surface area contributed by atoms with Crippen molar-refractivity contribution >= 4 is 15.4 Å². The van der Waals surface area contributed by atoms with Crippen LogP contribution in [0.25, 0.3) is 17.0 Å². The zero-order chi connectivity index (χ0) is 21.5. The van der Waals surface area contributed by atoms with E-state index in [1.165, 1.54) is 29.5 Å². The lowest BCUT2D eigenvalue weighted by atomic mass is 10.3. The number of aromatic nitrogens is 7. The second kappa shape index (κ2) is 7.19. The minimum absolute atomic E-state index is 0.0968. The number of alkyl halides is 3. The summed E-state index contributed by atoms with van der Waals surface area (Å²) in [6.45, 7) is 0.0968. The molecule has 0 fully saturated rings. The van der Waals surface area contributed by atoms with Crippen LogP contribution in [0.2, 0.25) is 0 Å². The van der Waals surface area contributed by atoms with Crippen molar-refractivity contribution in [1.29, 1.82) is 0 Å². The average Bonchev–Trinajstić information content (AvgIpc) is 3.37. The molecular weight excluding hydrogens is 425 g/mol. The average molecular weight is 440 g/mol. The molecule has 0 saturated heterocycles. The lowest BCUT2D eigenvalue weighted by Gasteiger charge is -2.00. The van der Waals surface area contributed by atoms with Gasteiger partial charge < -0.3 is 8.92 Å². The molecule has 0 aliphatic carbocycles. The summed E-state index contributed by atoms with van der Waals surface area (Å²) >= 11 is 0. The van der Waals surface area contributed by atoms with Gasteiger partial charge in [0.2, 0.25) is 5.82 Å². The number of hydrogen-bond acceptors (Lipinski definition) is 8. The molecule has 4 aromatic rings. The van der Waals surface area contributed by atoms with Crippen LogP contribution >= 0.6 is 0 Å². The van der Waals surface area contributed by atoms with E-state index in [0.29, 0.717) is 22.7 Å². The van der Waals surface area contributed by atoms with Gasteiger partial charge in [-0.05, 0) is 12.1 Å². The molecule has 0 saturated carbocycles. The van der Waals surface area contributed by atoms with Gasteiger partial charge in [0.15, 0.2) is 5.82 Å². The molecule has 0 N–H and O–H groups in total. The van der Waals surface area contributed by atoms with Gasteiger partial charge in [0.25, 0.3) is 0 Å². The van der Waals surface area contributed by atoms with Crippen LogP contribution in [0, 0.1) is 0 Å². The van der Waals surface area contributed by atoms with Crippen molar-refractivity contribution < 1.29 is 21.9 Å². The molecule has 1 unspecified atom stereocenters. The molecule has 0 aliphatic rings. The first-order valence-electron chi connectivity index (χ1n) is 8.48. The topological polar surface area (TPSA) is 116 Å². The summed E-state index contributed by atoms with van der Waals surface area (Å²) in [5.41, 5.74) is 1.40. The molecule has 4 heterocycles. The van der Waals surface area contributed by atoms with Crippen LogP contribution in [0.4, 0.5) is 13.2 Å². The number of halogens is 3. The van der Waals surface area contributed by atoms with Gasteiger partial charge in [-0.2, -0.15) is 23.3 Å². The molecule has 0 aromatic carbocycles. The lowest BCUT2D eigenvalue weighted by molar-refractivity contribution is -0.159. The molecule has 4 rings (SSSR count). The molecule has 0 bridgehead atoms. The minimum atomic E-state index is -4.71. The normalized spacial score (nSPS) is 14.2. The molecular formula is C16H15F3N8O2S. The minimum Gasteiger partial charge on any atom is -0.329 e. The van der Waals surface area contributed by atoms with E-state index in [1.54, 1.807) is 23.7 Å². The van der Waals surface area contributed by atoms with Crippen LogP contribution in [0.3, 0.4) is 0 Å². The fraction of sp³-hybridized carbons (Fsp3) is 0.312. The van der Waals surface area contributed by atoms with Crippen molar-refractivity contribution in [3.05, 3.63) is 48.3 Å². The van der Waals surface area contributed by atoms with Crippen molar-refractivity contribution in [2.45, 2.75) is 18.5 Å². The third-order valence-corrected chi connectivity index (χ3v) is 5.44. The predicted molar refractivity (Wildman–Crippen MR) is 98.4 cm³/mol. The van der Waals surface area contributed by atoms with Crippen LogP contribution in [0.1, 0.15) is 17.4 Å². The molecule has 0 spiro atoms. The maximum absolute atomic E-state index is 12.7. The Morgan fingerprint density at radius 2 is 2.03 bits per heavy atom. The molecule has 0 radical (unpaired) electrons. The van der Waals surface area contributed by atoms with Crippen LogP contribution in [0.15, 0.2) is 39.7 Å². The fourth-order valence-corrected chi connectivity index (χ4v) is 3.75. The van der Waals surface area contributed by atoms with Crippen molar-refractivity contribution in [2.24, 2.45) is 11.4 Å². The first-order valence-corrected chi connectivity index (χ1v) is 10.6. The van der Waals surface area contributed by atoms with Gasteiger partial charge in [-0.3, -0.25) is 4.68 Å². The molecule has 10 nitrogen and oxygen atoms in total. The number of imidazole rings is 1. The van der Waals surface area contributed by atoms with Gasteiger partial charge >= 0.3 is 12.1 Å². The van der Waals surface area contributed by atoms with E-state index < -0.39 is 21.8 Å². The highest BCUT2D eigenvalue weighted by molar-refractivity contribution is 7.92. The van der Waals surface area contributed by atoms with E-state index in [1.807, 2.05) is 0 Å². The second-order valence-corrected chi connectivity index (χ2v) is 9.03. The van der Waals surface area contributed by atoms with Gasteiger partial charge in [0.05, 0.1) is 27.7 Å². The Hall–Kier alpha value is -3.29. The highest BCUT2D eigenvalue weighted by Gasteiger charge is 2.38. The summed E-state index contributed by atoms with van der Waals surface area (Å²) in [7, 11) is -0.854. The maximum atomic E-state index is 12.7. The van der Waals surface area contributed by atoms with E-state index in [4.69, 9.17) is 0 Å². The Morgan fingerprint density at radius 3 is 2.70 bits per heavy atom. The Balaban J connectivity index is 1.55. The van der Waals surface area contributed by atoms with Gasteiger partial charge in [-0.25, -0.2) is 18.5 Å². The van der Waals surface area contributed by atoms with E-state index in [-0.39, 0.29) is 18.1 Å². The van der Waals surface area contributed by atoms with Crippen molar-refractivity contribution in [3.8, 4) is 11.4 Å². The van der Waals surface area contributed by atoms with Crippen molar-refractivity contribution in [2.75, 3.05) is 6.26 Å². The second-order valence-electron chi connectivity index (χ2n) is 6.56. The Kier molecular flexibility index (Phi) is 4.80. The first-order chi connectivity index (χ1) is 14.1. The Labute approximate surface area is 167 Å². The quantitative estimate of drug-likeness (QED) is 0.468. The summed E-state index contributed by atoms with van der Waals surface area (Å²) in [6, 6.07) is 3.13. The molecule has 0 aliphatic heterocycles. The zero-order valence-corrected chi connectivity index (χ0v) is 16.6. The fourth-order valence-electron chi connectivity index (χ4n) is 2.65. The van der Waals surface area contributed by atoms with Crippen LogP contribution in [0.5, 0.6) is 0 Å². The smallest absolute Gasteiger partial charge is 0.329 e. The summed E-state index contributed by atoms with van der Waals surface area (Å²) < 4.78 is 62.2. The molecule has 14 heteroatoms. The monoisotopic (exact) mass is 440 g/mol. The zero-order valence-electron chi connectivity index (χ0n) is 15.7. The Morgan fingerprint density at radius 1 is 1.23 bits per heavy atom. The van der Waals surface area contributed by atoms with E-state index in [2.05, 4.69) is 34.1 Å².